The van der Waals surface area contributed by atoms with E-state index in [2.05, 4.69) is 20.2 Å². The third-order valence-corrected chi connectivity index (χ3v) is 5.81. The maximum Gasteiger partial charge on any atom is 0.223 e. The number of hydrogen-bond acceptors (Lipinski definition) is 5. The highest BCUT2D eigenvalue weighted by atomic mass is 16.5. The number of likely N-dealkylation sites (tertiary alicyclic amines) is 1. The molecule has 1 amide bonds. The second-order valence-corrected chi connectivity index (χ2v) is 7.86. The first-order chi connectivity index (χ1) is 13.7. The van der Waals surface area contributed by atoms with Crippen LogP contribution in [0.2, 0.25) is 0 Å². The summed E-state index contributed by atoms with van der Waals surface area (Å²) in [5.74, 6) is 0.169. The van der Waals surface area contributed by atoms with E-state index in [1.165, 1.54) is 19.3 Å². The molecule has 2 aromatic rings. The average molecular weight is 387 g/mol. The zero-order valence-electron chi connectivity index (χ0n) is 16.6. The molecule has 2 fully saturated rings. The van der Waals surface area contributed by atoms with Crippen molar-refractivity contribution in [3.8, 4) is 0 Å². The molecule has 0 spiro atoms. The van der Waals surface area contributed by atoms with Crippen LogP contribution >= 0.6 is 0 Å². The largest absolute Gasteiger partial charge is 0.373 e. The van der Waals surface area contributed by atoms with Gasteiger partial charge in [0.05, 0.1) is 31.1 Å². The van der Waals surface area contributed by atoms with Crippen molar-refractivity contribution in [3.05, 3.63) is 35.9 Å². The number of aromatic nitrogens is 4. The van der Waals surface area contributed by atoms with Crippen LogP contribution in [0.3, 0.4) is 0 Å². The van der Waals surface area contributed by atoms with Crippen molar-refractivity contribution in [2.24, 2.45) is 7.05 Å². The molecular weight excluding hydrogens is 356 g/mol. The lowest BCUT2D eigenvalue weighted by Crippen LogP contribution is -2.52. The van der Waals surface area contributed by atoms with Crippen LogP contribution in [-0.2, 0) is 23.0 Å². The molecule has 4 rings (SSSR count). The van der Waals surface area contributed by atoms with Crippen molar-refractivity contribution in [1.82, 2.24) is 29.8 Å². The molecule has 28 heavy (non-hydrogen) atoms. The minimum Gasteiger partial charge on any atom is -0.373 e. The van der Waals surface area contributed by atoms with Crippen molar-refractivity contribution < 1.29 is 9.53 Å². The Morgan fingerprint density at radius 2 is 2.11 bits per heavy atom. The van der Waals surface area contributed by atoms with E-state index in [0.717, 1.165) is 30.8 Å². The van der Waals surface area contributed by atoms with Gasteiger partial charge in [0.15, 0.2) is 0 Å². The average Bonchev–Trinajstić information content (AvgIpc) is 3.38. The number of amides is 1. The number of hydrogen-bond donors (Lipinski definition) is 1. The molecule has 8 nitrogen and oxygen atoms in total. The number of morpholine rings is 1. The number of aromatic amines is 1. The predicted octanol–water partition coefficient (Wildman–Crippen LogP) is 1.53. The molecule has 2 aromatic heterocycles. The number of carbonyl (C=O) groups excluding carboxylic acids is 1. The van der Waals surface area contributed by atoms with E-state index in [1.54, 1.807) is 10.9 Å². The predicted molar refractivity (Wildman–Crippen MR) is 105 cm³/mol. The van der Waals surface area contributed by atoms with Crippen LogP contribution in [0.5, 0.6) is 0 Å². The first kappa shape index (κ1) is 19.1. The van der Waals surface area contributed by atoms with E-state index in [-0.39, 0.29) is 18.1 Å². The van der Waals surface area contributed by atoms with E-state index in [1.807, 2.05) is 30.5 Å². The summed E-state index contributed by atoms with van der Waals surface area (Å²) in [5.41, 5.74) is 2.12. The van der Waals surface area contributed by atoms with E-state index in [4.69, 9.17) is 4.74 Å². The van der Waals surface area contributed by atoms with Gasteiger partial charge >= 0.3 is 0 Å². The molecule has 2 saturated heterocycles. The molecule has 0 aliphatic carbocycles. The monoisotopic (exact) mass is 386 g/mol. The minimum absolute atomic E-state index is 0.0195. The second kappa shape index (κ2) is 8.87. The first-order valence-corrected chi connectivity index (χ1v) is 10.3. The first-order valence-electron chi connectivity index (χ1n) is 10.3. The summed E-state index contributed by atoms with van der Waals surface area (Å²) < 4.78 is 8.00. The highest BCUT2D eigenvalue weighted by Crippen LogP contribution is 2.31. The van der Waals surface area contributed by atoms with Crippen molar-refractivity contribution >= 4 is 5.91 Å². The molecule has 2 aliphatic heterocycles. The summed E-state index contributed by atoms with van der Waals surface area (Å²) in [7, 11) is 1.91. The van der Waals surface area contributed by atoms with Gasteiger partial charge in [0.1, 0.15) is 0 Å². The lowest BCUT2D eigenvalue weighted by Gasteiger charge is -2.43. The molecule has 0 saturated carbocycles. The number of nitrogens with zero attached hydrogens (tertiary/aromatic N) is 5. The van der Waals surface area contributed by atoms with E-state index in [0.29, 0.717) is 26.0 Å². The van der Waals surface area contributed by atoms with Gasteiger partial charge in [-0.15, -0.1) is 0 Å². The van der Waals surface area contributed by atoms with Crippen molar-refractivity contribution in [2.45, 2.75) is 44.2 Å². The highest BCUT2D eigenvalue weighted by Gasteiger charge is 2.37. The van der Waals surface area contributed by atoms with Gasteiger partial charge in [-0.05, 0) is 37.9 Å². The molecule has 0 bridgehead atoms. The fraction of sp³-hybridized carbons (Fsp3) is 0.650. The standard InChI is InChI=1S/C20H30N6O2/c1-24-14-17(13-23-24)20-18(15-25-7-3-2-4-8-25)28-10-9-26(20)19(27)6-5-16-11-21-22-12-16/h11-14,18,20H,2-10,15H2,1H3,(H,21,22)/t18-,20-/m0/s1. The molecule has 1 N–H and O–H groups in total. The Morgan fingerprint density at radius 3 is 2.82 bits per heavy atom. The minimum atomic E-state index is -0.0822. The molecule has 152 valence electrons. The molecular formula is C20H30N6O2. The van der Waals surface area contributed by atoms with E-state index >= 15 is 0 Å². The third-order valence-electron chi connectivity index (χ3n) is 5.81. The summed E-state index contributed by atoms with van der Waals surface area (Å²) in [4.78, 5) is 17.6. The third kappa shape index (κ3) is 4.44. The van der Waals surface area contributed by atoms with Crippen LogP contribution in [-0.4, -0.2) is 74.6 Å². The van der Waals surface area contributed by atoms with E-state index in [9.17, 15) is 4.79 Å². The molecule has 8 heteroatoms. The van der Waals surface area contributed by atoms with Crippen molar-refractivity contribution in [1.29, 1.82) is 0 Å². The smallest absolute Gasteiger partial charge is 0.223 e. The topological polar surface area (TPSA) is 79.3 Å². The van der Waals surface area contributed by atoms with Gasteiger partial charge in [-0.3, -0.25) is 14.6 Å². The second-order valence-electron chi connectivity index (χ2n) is 7.86. The number of carbonyl (C=O) groups is 1. The van der Waals surface area contributed by atoms with Gasteiger partial charge in [0.25, 0.3) is 0 Å². The Labute approximate surface area is 165 Å². The lowest BCUT2D eigenvalue weighted by atomic mass is 9.98. The van der Waals surface area contributed by atoms with Crippen LogP contribution in [0.15, 0.2) is 24.8 Å². The number of aryl methyl sites for hydroxylation is 2. The molecule has 0 radical (unpaired) electrons. The molecule has 0 aromatic carbocycles. The summed E-state index contributed by atoms with van der Waals surface area (Å²) in [5, 5.41) is 11.1. The summed E-state index contributed by atoms with van der Waals surface area (Å²) in [6.07, 6.45) is 12.5. The maximum atomic E-state index is 13.1. The Balaban J connectivity index is 1.50. The van der Waals surface area contributed by atoms with Gasteiger partial charge in [0, 0.05) is 44.5 Å². The SMILES string of the molecule is Cn1cc([C@H]2[C@H](CN3CCCCC3)OCCN2C(=O)CCc2cn[nH]c2)cn1. The maximum absolute atomic E-state index is 13.1. The fourth-order valence-electron chi connectivity index (χ4n) is 4.36. The van der Waals surface area contributed by atoms with Crippen molar-refractivity contribution in [2.75, 3.05) is 32.8 Å². The van der Waals surface area contributed by atoms with Gasteiger partial charge in [0.2, 0.25) is 5.91 Å². The Morgan fingerprint density at radius 1 is 1.25 bits per heavy atom. The van der Waals surface area contributed by atoms with Gasteiger partial charge in [-0.25, -0.2) is 0 Å². The van der Waals surface area contributed by atoms with Gasteiger partial charge in [-0.1, -0.05) is 6.42 Å². The zero-order valence-corrected chi connectivity index (χ0v) is 16.6. The van der Waals surface area contributed by atoms with Crippen LogP contribution < -0.4 is 0 Å². The quantitative estimate of drug-likeness (QED) is 0.815. The summed E-state index contributed by atoms with van der Waals surface area (Å²) >= 11 is 0. The van der Waals surface area contributed by atoms with Crippen LogP contribution in [0.4, 0.5) is 0 Å². The van der Waals surface area contributed by atoms with Crippen LogP contribution in [0.1, 0.15) is 42.9 Å². The number of piperidine rings is 1. The Hall–Kier alpha value is -2.19. The fourth-order valence-corrected chi connectivity index (χ4v) is 4.36. The molecule has 4 heterocycles. The lowest BCUT2D eigenvalue weighted by molar-refractivity contribution is -0.148. The molecule has 2 aliphatic rings. The number of rotatable bonds is 6. The van der Waals surface area contributed by atoms with Crippen LogP contribution in [0.25, 0.3) is 0 Å². The van der Waals surface area contributed by atoms with Gasteiger partial charge in [-0.2, -0.15) is 10.2 Å². The van der Waals surface area contributed by atoms with Crippen molar-refractivity contribution in [3.63, 3.8) is 0 Å². The number of ether oxygens (including phenoxy) is 1. The summed E-state index contributed by atoms with van der Waals surface area (Å²) in [6, 6.07) is -0.0822. The Bertz CT molecular complexity index is 753. The zero-order chi connectivity index (χ0) is 19.3. The highest BCUT2D eigenvalue weighted by molar-refractivity contribution is 5.77. The normalized spacial score (nSPS) is 23.8. The number of nitrogens with one attached hydrogen (secondary N) is 1. The van der Waals surface area contributed by atoms with E-state index < -0.39 is 0 Å². The number of H-pyrrole nitrogens is 1. The molecule has 0 unspecified atom stereocenters. The Kier molecular flexibility index (Phi) is 6.07. The molecule has 2 atom stereocenters. The van der Waals surface area contributed by atoms with Crippen LogP contribution in [0, 0.1) is 0 Å². The van der Waals surface area contributed by atoms with Gasteiger partial charge < -0.3 is 14.5 Å². The summed E-state index contributed by atoms with van der Waals surface area (Å²) in [6.45, 7) is 4.32.